The lowest BCUT2D eigenvalue weighted by Gasteiger charge is -2.04. The molecule has 0 fully saturated rings. The summed E-state index contributed by atoms with van der Waals surface area (Å²) >= 11 is 0. The number of hydrogen-bond donors (Lipinski definition) is 2. The molecule has 0 bridgehead atoms. The summed E-state index contributed by atoms with van der Waals surface area (Å²) in [5.74, 6) is 0. The summed E-state index contributed by atoms with van der Waals surface area (Å²) in [4.78, 5) is 11.5. The van der Waals surface area contributed by atoms with Crippen LogP contribution in [0.2, 0.25) is 0 Å². The van der Waals surface area contributed by atoms with E-state index in [1.807, 2.05) is 0 Å². The monoisotopic (exact) mass is 253 g/mol. The van der Waals surface area contributed by atoms with Crippen LogP contribution in [-0.2, 0) is 16.6 Å². The number of rotatable bonds is 3. The van der Waals surface area contributed by atoms with Gasteiger partial charge in [-0.05, 0) is 6.07 Å². The number of sulfonamides is 1. The maximum absolute atomic E-state index is 11.5. The first-order chi connectivity index (χ1) is 7.97. The van der Waals surface area contributed by atoms with Crippen molar-refractivity contribution in [1.29, 1.82) is 0 Å². The molecule has 0 amide bonds. The summed E-state index contributed by atoms with van der Waals surface area (Å²) in [6.45, 7) is 0.0517. The molecule has 0 aliphatic rings. The first-order valence-electron chi connectivity index (χ1n) is 4.88. The number of H-pyrrole nitrogens is 1. The fraction of sp³-hybridized carbons (Fsp3) is 0.200. The van der Waals surface area contributed by atoms with Crippen molar-refractivity contribution in [3.63, 3.8) is 0 Å². The molecule has 90 valence electrons. The summed E-state index contributed by atoms with van der Waals surface area (Å²) in [6, 6.07) is 6.91. The van der Waals surface area contributed by atoms with Gasteiger partial charge in [0.05, 0.1) is 23.9 Å². The van der Waals surface area contributed by atoms with Crippen LogP contribution in [0.5, 0.6) is 0 Å². The lowest BCUT2D eigenvalue weighted by atomic mass is 10.1. The molecular weight excluding hydrogens is 242 g/mol. The maximum atomic E-state index is 11.5. The molecule has 2 N–H and O–H groups in total. The fourth-order valence-corrected chi connectivity index (χ4v) is 1.90. The molecule has 6 nitrogen and oxygen atoms in total. The van der Waals surface area contributed by atoms with Crippen molar-refractivity contribution in [2.75, 3.05) is 6.26 Å². The first kappa shape index (κ1) is 11.7. The predicted octanol–water partition coefficient (Wildman–Crippen LogP) is -0.0277. The summed E-state index contributed by atoms with van der Waals surface area (Å²) in [5.41, 5.74) is 0.203. The minimum absolute atomic E-state index is 0.0517. The topological polar surface area (TPSA) is 91.9 Å². The van der Waals surface area contributed by atoms with Gasteiger partial charge in [-0.1, -0.05) is 18.2 Å². The van der Waals surface area contributed by atoms with E-state index in [1.54, 1.807) is 24.3 Å². The van der Waals surface area contributed by atoms with E-state index in [0.717, 1.165) is 6.26 Å². The Morgan fingerprint density at radius 2 is 1.94 bits per heavy atom. The zero-order valence-corrected chi connectivity index (χ0v) is 9.91. The maximum Gasteiger partial charge on any atom is 0.272 e. The van der Waals surface area contributed by atoms with Gasteiger partial charge >= 0.3 is 0 Å². The Labute approximate surface area is 97.7 Å². The first-order valence-corrected chi connectivity index (χ1v) is 6.77. The van der Waals surface area contributed by atoms with Gasteiger partial charge in [0.25, 0.3) is 5.56 Å². The smallest absolute Gasteiger partial charge is 0.267 e. The second-order valence-electron chi connectivity index (χ2n) is 3.64. The summed E-state index contributed by atoms with van der Waals surface area (Å²) in [6.07, 6.45) is 1.07. The van der Waals surface area contributed by atoms with Crippen LogP contribution >= 0.6 is 0 Å². The minimum Gasteiger partial charge on any atom is -0.267 e. The van der Waals surface area contributed by atoms with Crippen LogP contribution in [0.4, 0.5) is 0 Å². The molecule has 1 aromatic heterocycles. The minimum atomic E-state index is -3.28. The number of nitrogens with one attached hydrogen (secondary N) is 2. The lowest BCUT2D eigenvalue weighted by Crippen LogP contribution is -2.23. The van der Waals surface area contributed by atoms with Crippen molar-refractivity contribution < 1.29 is 8.42 Å². The number of aromatic nitrogens is 2. The Morgan fingerprint density at radius 1 is 1.29 bits per heavy atom. The third kappa shape index (κ3) is 2.69. The lowest BCUT2D eigenvalue weighted by molar-refractivity contribution is 0.586. The molecule has 0 radical (unpaired) electrons. The van der Waals surface area contributed by atoms with Crippen LogP contribution in [-0.4, -0.2) is 24.9 Å². The Hall–Kier alpha value is -1.73. The van der Waals surface area contributed by atoms with Crippen LogP contribution in [0, 0.1) is 0 Å². The van der Waals surface area contributed by atoms with Gasteiger partial charge in [-0.25, -0.2) is 18.2 Å². The van der Waals surface area contributed by atoms with E-state index in [0.29, 0.717) is 16.5 Å². The van der Waals surface area contributed by atoms with E-state index in [2.05, 4.69) is 14.9 Å². The van der Waals surface area contributed by atoms with Gasteiger partial charge in [0.15, 0.2) is 0 Å². The SMILES string of the molecule is CS(=O)(=O)NCc1n[nH]c(=O)c2ccccc12. The van der Waals surface area contributed by atoms with Crippen molar-refractivity contribution in [3.8, 4) is 0 Å². The summed E-state index contributed by atoms with van der Waals surface area (Å²) < 4.78 is 24.3. The average Bonchev–Trinajstić information content (AvgIpc) is 2.27. The molecule has 0 unspecified atom stereocenters. The Kier molecular flexibility index (Phi) is 2.95. The van der Waals surface area contributed by atoms with E-state index in [1.165, 1.54) is 0 Å². The van der Waals surface area contributed by atoms with Gasteiger partial charge < -0.3 is 0 Å². The van der Waals surface area contributed by atoms with E-state index in [4.69, 9.17) is 0 Å². The molecule has 2 rings (SSSR count). The highest BCUT2D eigenvalue weighted by Crippen LogP contribution is 2.11. The quantitative estimate of drug-likeness (QED) is 0.803. The van der Waals surface area contributed by atoms with Crippen molar-refractivity contribution in [2.24, 2.45) is 0 Å². The average molecular weight is 253 g/mol. The molecule has 2 aromatic rings. The number of hydrogen-bond acceptors (Lipinski definition) is 4. The van der Waals surface area contributed by atoms with Gasteiger partial charge in [0, 0.05) is 5.39 Å². The van der Waals surface area contributed by atoms with Crippen LogP contribution in [0.3, 0.4) is 0 Å². The Balaban J connectivity index is 2.49. The molecule has 0 saturated heterocycles. The number of aromatic amines is 1. The zero-order valence-electron chi connectivity index (χ0n) is 9.10. The zero-order chi connectivity index (χ0) is 12.5. The summed E-state index contributed by atoms with van der Waals surface area (Å²) in [7, 11) is -3.28. The molecule has 1 aromatic carbocycles. The van der Waals surface area contributed by atoms with Gasteiger partial charge in [-0.15, -0.1) is 0 Å². The third-order valence-electron chi connectivity index (χ3n) is 2.28. The van der Waals surface area contributed by atoms with Gasteiger partial charge in [-0.3, -0.25) is 4.79 Å². The second kappa shape index (κ2) is 4.27. The van der Waals surface area contributed by atoms with E-state index >= 15 is 0 Å². The molecule has 1 heterocycles. The van der Waals surface area contributed by atoms with E-state index < -0.39 is 10.0 Å². The molecule has 17 heavy (non-hydrogen) atoms. The normalized spacial score (nSPS) is 11.8. The Morgan fingerprint density at radius 3 is 2.59 bits per heavy atom. The molecule has 0 saturated carbocycles. The molecule has 7 heteroatoms. The van der Waals surface area contributed by atoms with Crippen molar-refractivity contribution in [3.05, 3.63) is 40.3 Å². The van der Waals surface area contributed by atoms with Crippen LogP contribution in [0.1, 0.15) is 5.69 Å². The number of fused-ring (bicyclic) bond motifs is 1. The molecule has 0 aliphatic carbocycles. The van der Waals surface area contributed by atoms with Crippen LogP contribution in [0.15, 0.2) is 29.1 Å². The Bertz CT molecular complexity index is 706. The van der Waals surface area contributed by atoms with Crippen LogP contribution < -0.4 is 10.3 Å². The predicted molar refractivity (Wildman–Crippen MR) is 64.0 cm³/mol. The largest absolute Gasteiger partial charge is 0.272 e. The van der Waals surface area contributed by atoms with Gasteiger partial charge in [0.1, 0.15) is 0 Å². The highest BCUT2D eigenvalue weighted by atomic mass is 32.2. The molecule has 0 aliphatic heterocycles. The highest BCUT2D eigenvalue weighted by Gasteiger charge is 2.07. The van der Waals surface area contributed by atoms with Crippen LogP contribution in [0.25, 0.3) is 10.8 Å². The van der Waals surface area contributed by atoms with Gasteiger partial charge in [-0.2, -0.15) is 5.10 Å². The van der Waals surface area contributed by atoms with Crippen molar-refractivity contribution >= 4 is 20.8 Å². The molecule has 0 atom stereocenters. The fourth-order valence-electron chi connectivity index (χ4n) is 1.51. The van der Waals surface area contributed by atoms with E-state index in [9.17, 15) is 13.2 Å². The number of nitrogens with zero attached hydrogens (tertiary/aromatic N) is 1. The molecular formula is C10H11N3O3S. The standard InChI is InChI=1S/C10H11N3O3S/c1-17(15,16)11-6-9-7-4-2-3-5-8(7)10(14)13-12-9/h2-5,11H,6H2,1H3,(H,13,14). The number of benzene rings is 1. The summed E-state index contributed by atoms with van der Waals surface area (Å²) in [5, 5.41) is 7.32. The highest BCUT2D eigenvalue weighted by molar-refractivity contribution is 7.88. The van der Waals surface area contributed by atoms with E-state index in [-0.39, 0.29) is 12.1 Å². The third-order valence-corrected chi connectivity index (χ3v) is 2.95. The molecule has 0 spiro atoms. The van der Waals surface area contributed by atoms with Gasteiger partial charge in [0.2, 0.25) is 10.0 Å². The van der Waals surface area contributed by atoms with Crippen molar-refractivity contribution in [2.45, 2.75) is 6.54 Å². The second-order valence-corrected chi connectivity index (χ2v) is 5.47. The van der Waals surface area contributed by atoms with Crippen molar-refractivity contribution in [1.82, 2.24) is 14.9 Å².